The Morgan fingerprint density at radius 1 is 1.47 bits per heavy atom. The summed E-state index contributed by atoms with van der Waals surface area (Å²) in [6.07, 6.45) is 2.64. The molecule has 0 aromatic carbocycles. The van der Waals surface area contributed by atoms with Gasteiger partial charge in [-0.3, -0.25) is 0 Å². The molecule has 0 aliphatic carbocycles. The average Bonchev–Trinajstić information content (AvgIpc) is 2.63. The Morgan fingerprint density at radius 3 is 2.80 bits per heavy atom. The van der Waals surface area contributed by atoms with Gasteiger partial charge in [0.25, 0.3) is 0 Å². The fraction of sp³-hybridized carbons (Fsp3) is 1.00. The molecule has 1 atom stereocenters. The summed E-state index contributed by atoms with van der Waals surface area (Å²) in [5, 5.41) is 0. The third-order valence-corrected chi connectivity index (χ3v) is 3.38. The van der Waals surface area contributed by atoms with Crippen LogP contribution in [0.1, 0.15) is 26.7 Å². The van der Waals surface area contributed by atoms with Gasteiger partial charge in [0.05, 0.1) is 0 Å². The Hall–Kier alpha value is -0.120. The zero-order chi connectivity index (χ0) is 11.3. The first kappa shape index (κ1) is 12.9. The molecule has 15 heavy (non-hydrogen) atoms. The summed E-state index contributed by atoms with van der Waals surface area (Å²) in [7, 11) is 2.20. The van der Waals surface area contributed by atoms with Crippen LogP contribution in [0.5, 0.6) is 0 Å². The molecule has 0 spiro atoms. The minimum absolute atomic E-state index is 0.737. The normalized spacial score (nSPS) is 23.2. The van der Waals surface area contributed by atoms with Crippen LogP contribution in [0, 0.1) is 5.92 Å². The number of hydrogen-bond donors (Lipinski definition) is 1. The van der Waals surface area contributed by atoms with Gasteiger partial charge in [-0.1, -0.05) is 13.8 Å². The SMILES string of the molecule is CC(C)CCN1CCC(N(C)CCN)C1. The minimum Gasteiger partial charge on any atom is -0.329 e. The lowest BCUT2D eigenvalue weighted by atomic mass is 10.1. The van der Waals surface area contributed by atoms with Crippen molar-refractivity contribution < 1.29 is 0 Å². The summed E-state index contributed by atoms with van der Waals surface area (Å²) in [6.45, 7) is 10.2. The van der Waals surface area contributed by atoms with Crippen molar-refractivity contribution in [2.75, 3.05) is 39.8 Å². The van der Waals surface area contributed by atoms with Gasteiger partial charge in [0, 0.05) is 25.7 Å². The minimum atomic E-state index is 0.737. The zero-order valence-electron chi connectivity index (χ0n) is 10.6. The Kier molecular flexibility index (Phi) is 5.58. The van der Waals surface area contributed by atoms with Crippen molar-refractivity contribution in [3.63, 3.8) is 0 Å². The molecule has 1 heterocycles. The lowest BCUT2D eigenvalue weighted by molar-refractivity contribution is 0.232. The number of rotatable bonds is 6. The van der Waals surface area contributed by atoms with Gasteiger partial charge in [-0.25, -0.2) is 0 Å². The van der Waals surface area contributed by atoms with Crippen molar-refractivity contribution in [2.45, 2.75) is 32.7 Å². The predicted molar refractivity (Wildman–Crippen MR) is 66.0 cm³/mol. The first-order valence-electron chi connectivity index (χ1n) is 6.26. The first-order chi connectivity index (χ1) is 7.13. The first-order valence-corrected chi connectivity index (χ1v) is 6.26. The molecule has 0 aromatic heterocycles. The van der Waals surface area contributed by atoms with E-state index in [1.165, 1.54) is 32.5 Å². The summed E-state index contributed by atoms with van der Waals surface area (Å²) in [4.78, 5) is 5.01. The molecule has 90 valence electrons. The van der Waals surface area contributed by atoms with E-state index >= 15 is 0 Å². The average molecular weight is 213 g/mol. The summed E-state index contributed by atoms with van der Waals surface area (Å²) >= 11 is 0. The molecule has 0 saturated carbocycles. The molecule has 1 saturated heterocycles. The fourth-order valence-corrected chi connectivity index (χ4v) is 2.20. The Bertz CT molecular complexity index is 170. The van der Waals surface area contributed by atoms with Crippen molar-refractivity contribution in [3.05, 3.63) is 0 Å². The molecular weight excluding hydrogens is 186 g/mol. The molecular formula is C12H27N3. The largest absolute Gasteiger partial charge is 0.329 e. The van der Waals surface area contributed by atoms with Crippen LogP contribution in [0.3, 0.4) is 0 Å². The Morgan fingerprint density at radius 2 is 2.20 bits per heavy atom. The summed E-state index contributed by atoms with van der Waals surface area (Å²) in [6, 6.07) is 0.737. The number of nitrogens with two attached hydrogens (primary N) is 1. The highest BCUT2D eigenvalue weighted by molar-refractivity contribution is 4.82. The highest BCUT2D eigenvalue weighted by atomic mass is 15.2. The van der Waals surface area contributed by atoms with Crippen molar-refractivity contribution in [3.8, 4) is 0 Å². The van der Waals surface area contributed by atoms with Gasteiger partial charge in [-0.15, -0.1) is 0 Å². The van der Waals surface area contributed by atoms with Gasteiger partial charge in [0.1, 0.15) is 0 Å². The second-order valence-corrected chi connectivity index (χ2v) is 5.19. The maximum Gasteiger partial charge on any atom is 0.0232 e. The molecule has 1 rings (SSSR count). The van der Waals surface area contributed by atoms with Crippen LogP contribution in [-0.2, 0) is 0 Å². The Labute approximate surface area is 94.6 Å². The summed E-state index contributed by atoms with van der Waals surface area (Å²) in [5.41, 5.74) is 5.57. The van der Waals surface area contributed by atoms with E-state index in [-0.39, 0.29) is 0 Å². The molecule has 0 bridgehead atoms. The molecule has 1 fully saturated rings. The van der Waals surface area contributed by atoms with Gasteiger partial charge < -0.3 is 15.5 Å². The molecule has 0 amide bonds. The smallest absolute Gasteiger partial charge is 0.0232 e. The highest BCUT2D eigenvalue weighted by Gasteiger charge is 2.24. The molecule has 3 nitrogen and oxygen atoms in total. The van der Waals surface area contributed by atoms with E-state index in [0.29, 0.717) is 0 Å². The van der Waals surface area contributed by atoms with Gasteiger partial charge >= 0.3 is 0 Å². The molecule has 1 unspecified atom stereocenters. The van der Waals surface area contributed by atoms with Crippen LogP contribution in [0.15, 0.2) is 0 Å². The van der Waals surface area contributed by atoms with E-state index in [4.69, 9.17) is 5.73 Å². The van der Waals surface area contributed by atoms with E-state index in [1.54, 1.807) is 0 Å². The van der Waals surface area contributed by atoms with Crippen molar-refractivity contribution in [2.24, 2.45) is 11.7 Å². The summed E-state index contributed by atoms with van der Waals surface area (Å²) < 4.78 is 0. The van der Waals surface area contributed by atoms with E-state index in [2.05, 4.69) is 30.7 Å². The fourth-order valence-electron chi connectivity index (χ4n) is 2.20. The third-order valence-electron chi connectivity index (χ3n) is 3.38. The third kappa shape index (κ3) is 4.49. The van der Waals surface area contributed by atoms with Gasteiger partial charge in [-0.05, 0) is 38.9 Å². The van der Waals surface area contributed by atoms with E-state index in [1.807, 2.05) is 0 Å². The van der Waals surface area contributed by atoms with Gasteiger partial charge in [0.15, 0.2) is 0 Å². The van der Waals surface area contributed by atoms with E-state index in [0.717, 1.165) is 25.0 Å². The van der Waals surface area contributed by atoms with Crippen LogP contribution in [0.2, 0.25) is 0 Å². The number of hydrogen-bond acceptors (Lipinski definition) is 3. The highest BCUT2D eigenvalue weighted by Crippen LogP contribution is 2.15. The lowest BCUT2D eigenvalue weighted by Crippen LogP contribution is -2.37. The van der Waals surface area contributed by atoms with Crippen molar-refractivity contribution >= 4 is 0 Å². The second kappa shape index (κ2) is 6.46. The molecule has 3 heteroatoms. The second-order valence-electron chi connectivity index (χ2n) is 5.19. The molecule has 0 aromatic rings. The van der Waals surface area contributed by atoms with Crippen molar-refractivity contribution in [1.29, 1.82) is 0 Å². The van der Waals surface area contributed by atoms with Crippen molar-refractivity contribution in [1.82, 2.24) is 9.80 Å². The maximum absolute atomic E-state index is 5.57. The monoisotopic (exact) mass is 213 g/mol. The van der Waals surface area contributed by atoms with E-state index < -0.39 is 0 Å². The maximum atomic E-state index is 5.57. The standard InChI is InChI=1S/C12H27N3/c1-11(2)4-7-15-8-5-12(10-15)14(3)9-6-13/h11-12H,4-10,13H2,1-3H3. The number of likely N-dealkylation sites (N-methyl/N-ethyl adjacent to an activating group) is 1. The topological polar surface area (TPSA) is 32.5 Å². The number of nitrogens with zero attached hydrogens (tertiary/aromatic N) is 2. The van der Waals surface area contributed by atoms with Crippen LogP contribution >= 0.6 is 0 Å². The van der Waals surface area contributed by atoms with E-state index in [9.17, 15) is 0 Å². The molecule has 1 aliphatic rings. The zero-order valence-corrected chi connectivity index (χ0v) is 10.6. The Balaban J connectivity index is 2.20. The van der Waals surface area contributed by atoms with Crippen LogP contribution in [0.4, 0.5) is 0 Å². The molecule has 2 N–H and O–H groups in total. The predicted octanol–water partition coefficient (Wildman–Crippen LogP) is 0.997. The molecule has 1 aliphatic heterocycles. The van der Waals surface area contributed by atoms with Crippen LogP contribution in [0.25, 0.3) is 0 Å². The van der Waals surface area contributed by atoms with Crippen LogP contribution < -0.4 is 5.73 Å². The molecule has 0 radical (unpaired) electrons. The van der Waals surface area contributed by atoms with Gasteiger partial charge in [-0.2, -0.15) is 0 Å². The quantitative estimate of drug-likeness (QED) is 0.714. The summed E-state index contributed by atoms with van der Waals surface area (Å²) in [5.74, 6) is 0.825. The van der Waals surface area contributed by atoms with Gasteiger partial charge in [0.2, 0.25) is 0 Å². The van der Waals surface area contributed by atoms with Crippen LogP contribution in [-0.4, -0.2) is 55.6 Å². The lowest BCUT2D eigenvalue weighted by Gasteiger charge is -2.24. The number of likely N-dealkylation sites (tertiary alicyclic amines) is 1.